The van der Waals surface area contributed by atoms with Crippen LogP contribution in [0.25, 0.3) is 0 Å². The molecule has 0 aliphatic heterocycles. The highest BCUT2D eigenvalue weighted by molar-refractivity contribution is 5.88. The largest absolute Gasteiger partial charge is 0.464 e. The number of nitrogens with one attached hydrogen (secondary N) is 4. The number of rotatable bonds is 18. The van der Waals surface area contributed by atoms with Gasteiger partial charge in [-0.2, -0.15) is 0 Å². The molecule has 0 aliphatic rings. The van der Waals surface area contributed by atoms with Crippen molar-refractivity contribution in [3.05, 3.63) is 88.8 Å². The lowest BCUT2D eigenvalue weighted by atomic mass is 10.3. The van der Waals surface area contributed by atoms with Crippen LogP contribution in [0, 0.1) is 0 Å². The van der Waals surface area contributed by atoms with Gasteiger partial charge < -0.3 is 46.9 Å². The van der Waals surface area contributed by atoms with Gasteiger partial charge in [0.2, 0.25) is 0 Å². The van der Waals surface area contributed by atoms with Crippen LogP contribution in [0.3, 0.4) is 0 Å². The maximum Gasteiger partial charge on any atom is 0.356 e. The monoisotopic (exact) mass is 669 g/mol. The van der Waals surface area contributed by atoms with Crippen LogP contribution in [0.1, 0.15) is 53.3 Å². The Morgan fingerprint density at radius 3 is 1.35 bits per heavy atom. The first-order valence-corrected chi connectivity index (χ1v) is 15.1. The quantitative estimate of drug-likeness (QED) is 0.0441. The normalized spacial score (nSPS) is 10.0. The van der Waals surface area contributed by atoms with Gasteiger partial charge in [0.25, 0.3) is 0 Å². The molecular weight excluding hydrogens is 622 g/mol. The van der Waals surface area contributed by atoms with Crippen molar-refractivity contribution >= 4 is 24.2 Å². The summed E-state index contributed by atoms with van der Waals surface area (Å²) < 4.78 is 13.8. The number of hydrogen-bond donors (Lipinski definition) is 6. The van der Waals surface area contributed by atoms with E-state index in [1.165, 1.54) is 33.5 Å². The van der Waals surface area contributed by atoms with E-state index in [4.69, 9.17) is 11.5 Å². The maximum absolute atomic E-state index is 11.5. The number of methoxy groups -OCH3 is 3. The van der Waals surface area contributed by atoms with Crippen LogP contribution in [-0.4, -0.2) is 113 Å². The minimum absolute atomic E-state index is 0.141. The Balaban J connectivity index is 0.000000494. The number of esters is 3. The molecule has 0 saturated heterocycles. The number of hydrogen-bond acceptors (Lipinski definition) is 16. The van der Waals surface area contributed by atoms with Crippen molar-refractivity contribution in [3.63, 3.8) is 0 Å². The molecule has 0 atom stereocenters. The summed E-state index contributed by atoms with van der Waals surface area (Å²) in [6, 6.07) is 15.1. The summed E-state index contributed by atoms with van der Waals surface area (Å²) in [5, 5.41) is 12.9. The average Bonchev–Trinajstić information content (AvgIpc) is 3.14. The number of ether oxygens (including phenoxy) is 3. The number of pyridine rings is 3. The van der Waals surface area contributed by atoms with Crippen LogP contribution in [-0.2, 0) is 27.3 Å². The van der Waals surface area contributed by atoms with E-state index >= 15 is 0 Å². The summed E-state index contributed by atoms with van der Waals surface area (Å²) in [7, 11) is 3.94. The Morgan fingerprint density at radius 2 is 0.958 bits per heavy atom. The molecule has 3 aromatic heterocycles. The summed E-state index contributed by atoms with van der Waals surface area (Å²) >= 11 is 0. The van der Waals surface area contributed by atoms with Crippen LogP contribution < -0.4 is 32.7 Å². The van der Waals surface area contributed by atoms with Gasteiger partial charge in [-0.1, -0.05) is 18.2 Å². The molecule has 0 aliphatic carbocycles. The fraction of sp³-hybridized carbons (Fsp3) is 0.406. The highest BCUT2D eigenvalue weighted by Crippen LogP contribution is 2.02. The van der Waals surface area contributed by atoms with E-state index in [-0.39, 0.29) is 11.4 Å². The van der Waals surface area contributed by atoms with E-state index < -0.39 is 17.9 Å². The summed E-state index contributed by atoms with van der Waals surface area (Å²) in [5.41, 5.74) is 12.9. The number of carbonyl (C=O) groups is 4. The topological polar surface area (TPSA) is 235 Å². The molecule has 0 spiro atoms. The van der Waals surface area contributed by atoms with Gasteiger partial charge in [-0.15, -0.1) is 0 Å². The van der Waals surface area contributed by atoms with Crippen LogP contribution in [0.5, 0.6) is 0 Å². The van der Waals surface area contributed by atoms with Crippen molar-refractivity contribution in [2.24, 2.45) is 11.5 Å². The fourth-order valence-corrected chi connectivity index (χ4v) is 3.57. The second-order valence-electron chi connectivity index (χ2n) is 9.50. The third kappa shape index (κ3) is 17.8. The van der Waals surface area contributed by atoms with Gasteiger partial charge in [0.15, 0.2) is 6.29 Å². The first kappa shape index (κ1) is 41.3. The Morgan fingerprint density at radius 1 is 0.583 bits per heavy atom. The smallest absolute Gasteiger partial charge is 0.356 e. The molecule has 0 fully saturated rings. The molecule has 16 nitrogen and oxygen atoms in total. The third-order valence-corrected chi connectivity index (χ3v) is 5.90. The van der Waals surface area contributed by atoms with E-state index in [1.807, 2.05) is 12.1 Å². The highest BCUT2D eigenvalue weighted by atomic mass is 16.5. The van der Waals surface area contributed by atoms with E-state index in [9.17, 15) is 19.2 Å². The fourth-order valence-electron chi connectivity index (χ4n) is 3.57. The minimum Gasteiger partial charge on any atom is -0.464 e. The highest BCUT2D eigenvalue weighted by Gasteiger charge is 2.08. The van der Waals surface area contributed by atoms with Crippen molar-refractivity contribution in [2.75, 3.05) is 73.7 Å². The van der Waals surface area contributed by atoms with E-state index in [0.717, 1.165) is 50.7 Å². The summed E-state index contributed by atoms with van der Waals surface area (Å²) in [6.45, 7) is 7.43. The number of carbonyl (C=O) groups excluding carboxylic acids is 4. The van der Waals surface area contributed by atoms with Gasteiger partial charge in [-0.3, -0.25) is 4.79 Å². The molecule has 0 amide bonds. The lowest BCUT2D eigenvalue weighted by Crippen LogP contribution is -2.32. The zero-order chi connectivity index (χ0) is 35.4. The summed E-state index contributed by atoms with van der Waals surface area (Å²) in [5.74, 6) is -1.42. The third-order valence-electron chi connectivity index (χ3n) is 5.90. The van der Waals surface area contributed by atoms with E-state index in [0.29, 0.717) is 43.9 Å². The van der Waals surface area contributed by atoms with E-state index in [1.54, 1.807) is 30.3 Å². The van der Waals surface area contributed by atoms with Gasteiger partial charge in [0.05, 0.1) is 32.7 Å². The average molecular weight is 670 g/mol. The summed E-state index contributed by atoms with van der Waals surface area (Å²) in [4.78, 5) is 56.3. The Kier molecular flexibility index (Phi) is 22.7. The Bertz CT molecular complexity index is 1310. The molecular formula is C32H47N9O7. The van der Waals surface area contributed by atoms with Gasteiger partial charge in [-0.05, 0) is 36.4 Å². The van der Waals surface area contributed by atoms with Crippen molar-refractivity contribution in [1.29, 1.82) is 0 Å². The second kappa shape index (κ2) is 26.4. The first-order valence-electron chi connectivity index (χ1n) is 15.1. The molecule has 3 rings (SSSR count). The number of nitrogens with zero attached hydrogens (tertiary/aromatic N) is 3. The van der Waals surface area contributed by atoms with Gasteiger partial charge in [0, 0.05) is 65.4 Å². The predicted octanol–water partition coefficient (Wildman–Crippen LogP) is -0.307. The molecule has 0 aromatic carbocycles. The zero-order valence-electron chi connectivity index (χ0n) is 27.7. The minimum atomic E-state index is -0.543. The van der Waals surface area contributed by atoms with Crippen molar-refractivity contribution < 1.29 is 33.4 Å². The maximum atomic E-state index is 11.5. The van der Waals surface area contributed by atoms with Crippen LogP contribution in [0.15, 0.2) is 54.6 Å². The second-order valence-corrected chi connectivity index (χ2v) is 9.50. The Hall–Kier alpha value is -4.71. The Labute approximate surface area is 280 Å². The van der Waals surface area contributed by atoms with Crippen LogP contribution in [0.2, 0.25) is 0 Å². The molecule has 3 heterocycles. The molecule has 262 valence electrons. The molecule has 0 bridgehead atoms. The van der Waals surface area contributed by atoms with E-state index in [2.05, 4.69) is 50.4 Å². The zero-order valence-corrected chi connectivity index (χ0v) is 27.7. The van der Waals surface area contributed by atoms with Crippen LogP contribution >= 0.6 is 0 Å². The number of nitrogens with two attached hydrogens (primary N) is 2. The standard InChI is InChI=1S/C20H27N5O4.C8H7NO3.C4H13N3/c1-28-19(26)17-7-3-5-15(24-17)13-22-11-9-21-10-12-23-14-16-6-4-8-18(25-16)20(27)29-2;1-12-8(11)7-4-2-3-6(5-10)9-7;5-1-3-7-4-2-6/h3-8,21-23H,9-14H2,1-2H3;2-5H,1H3;7H,1-6H2. The number of aromatic nitrogens is 3. The van der Waals surface area contributed by atoms with Crippen LogP contribution in [0.4, 0.5) is 0 Å². The molecule has 0 radical (unpaired) electrons. The van der Waals surface area contributed by atoms with Gasteiger partial charge in [-0.25, -0.2) is 29.3 Å². The SMILES string of the molecule is COC(=O)c1cccc(C=O)n1.COC(=O)c1cccc(CNCCNCCNCc2cccc(C(=O)OC)n2)n1.NCCNCCN. The summed E-state index contributed by atoms with van der Waals surface area (Å²) in [6.07, 6.45) is 0.576. The lowest BCUT2D eigenvalue weighted by Gasteiger charge is -2.08. The van der Waals surface area contributed by atoms with Gasteiger partial charge in [0.1, 0.15) is 22.8 Å². The molecule has 3 aromatic rings. The van der Waals surface area contributed by atoms with Crippen molar-refractivity contribution in [3.8, 4) is 0 Å². The predicted molar refractivity (Wildman–Crippen MR) is 179 cm³/mol. The van der Waals surface area contributed by atoms with Crippen molar-refractivity contribution in [2.45, 2.75) is 13.1 Å². The molecule has 16 heteroatoms. The molecule has 8 N–H and O–H groups in total. The molecule has 48 heavy (non-hydrogen) atoms. The molecule has 0 saturated carbocycles. The first-order chi connectivity index (χ1) is 23.3. The lowest BCUT2D eigenvalue weighted by molar-refractivity contribution is 0.0585. The van der Waals surface area contributed by atoms with Gasteiger partial charge >= 0.3 is 17.9 Å². The number of aldehydes is 1. The van der Waals surface area contributed by atoms with Crippen molar-refractivity contribution in [1.82, 2.24) is 36.2 Å². The molecule has 0 unspecified atom stereocenters.